The molecule has 1 N–H and O–H groups in total. The molecule has 2 aromatic carbocycles. The van der Waals surface area contributed by atoms with Crippen molar-refractivity contribution < 1.29 is 4.74 Å². The molecule has 24 heavy (non-hydrogen) atoms. The number of benzene rings is 2. The summed E-state index contributed by atoms with van der Waals surface area (Å²) in [6.45, 7) is 7.70. The van der Waals surface area contributed by atoms with Crippen LogP contribution in [0.1, 0.15) is 62.4 Å². The molecule has 2 aliphatic heterocycles. The van der Waals surface area contributed by atoms with E-state index in [-0.39, 0.29) is 11.5 Å². The number of hydrogen-bond acceptors (Lipinski definition) is 2. The maximum atomic E-state index is 6.29. The van der Waals surface area contributed by atoms with Gasteiger partial charge in [0.25, 0.3) is 0 Å². The molecule has 2 aliphatic rings. The minimum absolute atomic E-state index is 0.162. The van der Waals surface area contributed by atoms with Gasteiger partial charge in [-0.15, -0.1) is 0 Å². The smallest absolute Gasteiger partial charge is 0.0895 e. The lowest BCUT2D eigenvalue weighted by Gasteiger charge is -2.44. The van der Waals surface area contributed by atoms with Crippen LogP contribution in [0.15, 0.2) is 48.5 Å². The zero-order chi connectivity index (χ0) is 16.7. The second kappa shape index (κ2) is 5.93. The molecule has 1 fully saturated rings. The highest BCUT2D eigenvalue weighted by atomic mass is 16.5. The second-order valence-corrected chi connectivity index (χ2v) is 8.18. The number of anilines is 1. The molecule has 0 aromatic heterocycles. The Morgan fingerprint density at radius 2 is 1.83 bits per heavy atom. The maximum Gasteiger partial charge on any atom is 0.0895 e. The van der Waals surface area contributed by atoms with E-state index in [2.05, 4.69) is 74.6 Å². The highest BCUT2D eigenvalue weighted by Gasteiger charge is 2.40. The molecule has 2 nitrogen and oxygen atoms in total. The summed E-state index contributed by atoms with van der Waals surface area (Å²) in [6.07, 6.45) is 2.58. The van der Waals surface area contributed by atoms with Crippen LogP contribution in [0.4, 0.5) is 5.69 Å². The lowest BCUT2D eigenvalue weighted by molar-refractivity contribution is -0.0382. The Kier molecular flexibility index (Phi) is 3.88. The zero-order valence-electron chi connectivity index (χ0n) is 14.9. The van der Waals surface area contributed by atoms with E-state index in [0.29, 0.717) is 12.0 Å². The number of ether oxygens (including phenoxy) is 1. The highest BCUT2D eigenvalue weighted by Crippen LogP contribution is 2.49. The lowest BCUT2D eigenvalue weighted by Crippen LogP contribution is -2.36. The van der Waals surface area contributed by atoms with Gasteiger partial charge < -0.3 is 10.1 Å². The predicted molar refractivity (Wildman–Crippen MR) is 99.4 cm³/mol. The third-order valence-corrected chi connectivity index (χ3v) is 5.49. The Morgan fingerprint density at radius 1 is 1.04 bits per heavy atom. The van der Waals surface area contributed by atoms with E-state index in [9.17, 15) is 0 Å². The fourth-order valence-corrected chi connectivity index (χ4v) is 4.13. The Labute approximate surface area is 145 Å². The molecular weight excluding hydrogens is 294 g/mol. The summed E-state index contributed by atoms with van der Waals surface area (Å²) in [6, 6.07) is 18.0. The van der Waals surface area contributed by atoms with Gasteiger partial charge in [0.15, 0.2) is 0 Å². The first-order valence-corrected chi connectivity index (χ1v) is 9.11. The van der Waals surface area contributed by atoms with Crippen LogP contribution >= 0.6 is 0 Å². The molecule has 0 bridgehead atoms. The first-order chi connectivity index (χ1) is 11.5. The van der Waals surface area contributed by atoms with Gasteiger partial charge in [-0.2, -0.15) is 0 Å². The summed E-state index contributed by atoms with van der Waals surface area (Å²) in [5.41, 5.74) is 5.49. The Hall–Kier alpha value is -1.80. The molecule has 0 aliphatic carbocycles. The molecule has 0 radical (unpaired) electrons. The monoisotopic (exact) mass is 321 g/mol. The van der Waals surface area contributed by atoms with E-state index < -0.39 is 0 Å². The van der Waals surface area contributed by atoms with Gasteiger partial charge in [0.05, 0.1) is 12.1 Å². The van der Waals surface area contributed by atoms with Crippen LogP contribution in [0.25, 0.3) is 0 Å². The van der Waals surface area contributed by atoms with Crippen molar-refractivity contribution in [2.75, 3.05) is 11.9 Å². The lowest BCUT2D eigenvalue weighted by atomic mass is 9.76. The van der Waals surface area contributed by atoms with Crippen molar-refractivity contribution in [3.8, 4) is 0 Å². The van der Waals surface area contributed by atoms with Gasteiger partial charge in [-0.05, 0) is 35.4 Å². The molecular formula is C22H27NO. The minimum atomic E-state index is 0.162. The van der Waals surface area contributed by atoms with Crippen molar-refractivity contribution in [3.63, 3.8) is 0 Å². The third kappa shape index (κ3) is 2.73. The van der Waals surface area contributed by atoms with Crippen molar-refractivity contribution in [2.45, 2.75) is 51.2 Å². The molecule has 0 spiro atoms. The van der Waals surface area contributed by atoms with Gasteiger partial charge in [-0.1, -0.05) is 63.2 Å². The standard InChI is InChI=1S/C22H27NO/c1-22(2,3)16-11-12-19-18(14-16)21-17(10-7-13-24-21)20(23-19)15-8-5-4-6-9-15/h4-6,8-9,11-12,14,17,20-21,23H,7,10,13H2,1-3H3/t17-,20?,21-/m0/s1. The summed E-state index contributed by atoms with van der Waals surface area (Å²) in [5, 5.41) is 3.81. The van der Waals surface area contributed by atoms with Crippen LogP contribution in [0.3, 0.4) is 0 Å². The van der Waals surface area contributed by atoms with E-state index in [4.69, 9.17) is 4.74 Å². The van der Waals surface area contributed by atoms with E-state index >= 15 is 0 Å². The van der Waals surface area contributed by atoms with Crippen molar-refractivity contribution in [3.05, 3.63) is 65.2 Å². The van der Waals surface area contributed by atoms with Gasteiger partial charge in [-0.25, -0.2) is 0 Å². The van der Waals surface area contributed by atoms with Gasteiger partial charge in [0.2, 0.25) is 0 Å². The predicted octanol–water partition coefficient (Wildman–Crippen LogP) is 5.62. The largest absolute Gasteiger partial charge is 0.378 e. The van der Waals surface area contributed by atoms with Gasteiger partial charge in [-0.3, -0.25) is 0 Å². The Morgan fingerprint density at radius 3 is 2.58 bits per heavy atom. The molecule has 3 atom stereocenters. The molecule has 126 valence electrons. The van der Waals surface area contributed by atoms with Gasteiger partial charge >= 0.3 is 0 Å². The van der Waals surface area contributed by atoms with Gasteiger partial charge in [0.1, 0.15) is 0 Å². The third-order valence-electron chi connectivity index (χ3n) is 5.49. The molecule has 2 heteroatoms. The van der Waals surface area contributed by atoms with Crippen LogP contribution in [0.5, 0.6) is 0 Å². The van der Waals surface area contributed by atoms with Crippen LogP contribution in [0.2, 0.25) is 0 Å². The van der Waals surface area contributed by atoms with Crippen molar-refractivity contribution in [1.82, 2.24) is 0 Å². The average molecular weight is 321 g/mol. The normalized spacial score (nSPS) is 26.2. The minimum Gasteiger partial charge on any atom is -0.378 e. The number of rotatable bonds is 1. The topological polar surface area (TPSA) is 21.3 Å². The fourth-order valence-electron chi connectivity index (χ4n) is 4.13. The van der Waals surface area contributed by atoms with E-state index in [0.717, 1.165) is 13.0 Å². The quantitative estimate of drug-likeness (QED) is 0.736. The highest BCUT2D eigenvalue weighted by molar-refractivity contribution is 5.59. The van der Waals surface area contributed by atoms with E-state index in [1.807, 2.05) is 0 Å². The summed E-state index contributed by atoms with van der Waals surface area (Å²) in [7, 11) is 0. The summed E-state index contributed by atoms with van der Waals surface area (Å²) in [4.78, 5) is 0. The average Bonchev–Trinajstić information content (AvgIpc) is 2.60. The summed E-state index contributed by atoms with van der Waals surface area (Å²) in [5.74, 6) is 0.504. The number of nitrogens with one attached hydrogen (secondary N) is 1. The zero-order valence-corrected chi connectivity index (χ0v) is 14.9. The molecule has 4 rings (SSSR count). The molecule has 2 heterocycles. The van der Waals surface area contributed by atoms with Crippen molar-refractivity contribution in [1.29, 1.82) is 0 Å². The molecule has 0 amide bonds. The van der Waals surface area contributed by atoms with E-state index in [1.165, 1.54) is 28.8 Å². The summed E-state index contributed by atoms with van der Waals surface area (Å²) < 4.78 is 6.29. The van der Waals surface area contributed by atoms with Gasteiger partial charge in [0, 0.05) is 23.8 Å². The van der Waals surface area contributed by atoms with Crippen LogP contribution < -0.4 is 5.32 Å². The van der Waals surface area contributed by atoms with Crippen molar-refractivity contribution >= 4 is 5.69 Å². The SMILES string of the molecule is CC(C)(C)c1ccc2c(c1)[C@H]1OCCC[C@H]1C(c1ccccc1)N2. The van der Waals surface area contributed by atoms with E-state index in [1.54, 1.807) is 0 Å². The fraction of sp³-hybridized carbons (Fsp3) is 0.455. The molecule has 0 saturated carbocycles. The Balaban J connectivity index is 1.77. The van der Waals surface area contributed by atoms with Crippen LogP contribution in [-0.2, 0) is 10.2 Å². The number of hydrogen-bond donors (Lipinski definition) is 1. The first kappa shape index (κ1) is 15.7. The first-order valence-electron chi connectivity index (χ1n) is 9.11. The second-order valence-electron chi connectivity index (χ2n) is 8.18. The number of fused-ring (bicyclic) bond motifs is 3. The molecule has 1 unspecified atom stereocenters. The maximum absolute atomic E-state index is 6.29. The summed E-state index contributed by atoms with van der Waals surface area (Å²) >= 11 is 0. The molecule has 2 aromatic rings. The Bertz CT molecular complexity index is 716. The van der Waals surface area contributed by atoms with Crippen LogP contribution in [0, 0.1) is 5.92 Å². The van der Waals surface area contributed by atoms with Crippen molar-refractivity contribution in [2.24, 2.45) is 5.92 Å². The molecule has 1 saturated heterocycles. The van der Waals surface area contributed by atoms with Crippen LogP contribution in [-0.4, -0.2) is 6.61 Å².